The van der Waals surface area contributed by atoms with Gasteiger partial charge in [-0.3, -0.25) is 14.3 Å². The molecule has 202 valence electrons. The zero-order valence-electron chi connectivity index (χ0n) is 21.5. The van der Waals surface area contributed by atoms with Gasteiger partial charge in [-0.15, -0.1) is 0 Å². The number of benzene rings is 2. The quantitative estimate of drug-likeness (QED) is 0.246. The van der Waals surface area contributed by atoms with E-state index in [1.54, 1.807) is 12.4 Å². The topological polar surface area (TPSA) is 147 Å². The van der Waals surface area contributed by atoms with Crippen molar-refractivity contribution in [2.45, 2.75) is 31.1 Å². The van der Waals surface area contributed by atoms with Gasteiger partial charge in [-0.1, -0.05) is 60.7 Å². The molecule has 0 unspecified atom stereocenters. The predicted octanol–water partition coefficient (Wildman–Crippen LogP) is 2.53. The first kappa shape index (κ1) is 25.6. The molecule has 0 bridgehead atoms. The van der Waals surface area contributed by atoms with Gasteiger partial charge in [0, 0.05) is 31.5 Å². The van der Waals surface area contributed by atoms with Gasteiger partial charge in [0.1, 0.15) is 12.2 Å². The summed E-state index contributed by atoms with van der Waals surface area (Å²) in [5.41, 5.74) is 4.65. The van der Waals surface area contributed by atoms with Crippen LogP contribution in [0.5, 0.6) is 0 Å². The van der Waals surface area contributed by atoms with Crippen molar-refractivity contribution >= 4 is 22.9 Å². The molecule has 11 heteroatoms. The van der Waals surface area contributed by atoms with Gasteiger partial charge in [0.05, 0.1) is 6.33 Å². The first-order valence-electron chi connectivity index (χ1n) is 12.8. The number of fused-ring (bicyclic) bond motifs is 1. The van der Waals surface area contributed by atoms with Crippen LogP contribution in [0.25, 0.3) is 33.7 Å². The Kier molecular flexibility index (Phi) is 6.91. The molecule has 11 nitrogen and oxygen atoms in total. The molecule has 0 saturated carbocycles. The van der Waals surface area contributed by atoms with Crippen LogP contribution in [0.1, 0.15) is 11.8 Å². The molecule has 1 amide bonds. The Balaban J connectivity index is 1.41. The molecule has 1 saturated heterocycles. The predicted molar refractivity (Wildman–Crippen MR) is 148 cm³/mol. The summed E-state index contributed by atoms with van der Waals surface area (Å²) in [5.74, 6) is 0.390. The highest BCUT2D eigenvalue weighted by Crippen LogP contribution is 2.34. The van der Waals surface area contributed by atoms with Crippen molar-refractivity contribution in [2.75, 3.05) is 12.4 Å². The maximum absolute atomic E-state index is 12.2. The van der Waals surface area contributed by atoms with E-state index < -0.39 is 30.4 Å². The first-order valence-corrected chi connectivity index (χ1v) is 12.8. The summed E-state index contributed by atoms with van der Waals surface area (Å²) in [5, 5.41) is 27.1. The molecule has 4 N–H and O–H groups in total. The number of hydrogen-bond donors (Lipinski definition) is 4. The number of carbonyl (C=O) groups is 1. The molecule has 1 aliphatic heterocycles. The number of anilines is 1. The smallest absolute Gasteiger partial charge is 0.251 e. The third-order valence-electron chi connectivity index (χ3n) is 6.88. The Morgan fingerprint density at radius 3 is 2.45 bits per heavy atom. The number of rotatable bonds is 7. The van der Waals surface area contributed by atoms with Gasteiger partial charge in [0.2, 0.25) is 0 Å². The van der Waals surface area contributed by atoms with E-state index in [1.807, 2.05) is 66.7 Å². The highest BCUT2D eigenvalue weighted by Gasteiger charge is 2.47. The number of aromatic nitrogens is 5. The second kappa shape index (κ2) is 10.8. The summed E-state index contributed by atoms with van der Waals surface area (Å²) in [6.45, 7) is 0.499. The second-order valence-corrected chi connectivity index (χ2v) is 9.42. The molecule has 4 atom stereocenters. The van der Waals surface area contributed by atoms with Crippen molar-refractivity contribution in [3.05, 3.63) is 91.0 Å². The lowest BCUT2D eigenvalue weighted by Crippen LogP contribution is -2.41. The molecule has 2 aromatic carbocycles. The molecule has 0 aliphatic carbocycles. The van der Waals surface area contributed by atoms with E-state index in [9.17, 15) is 15.0 Å². The number of likely N-dealkylation sites (N-methyl/N-ethyl adjacent to an activating group) is 1. The van der Waals surface area contributed by atoms with E-state index in [1.165, 1.54) is 17.9 Å². The minimum atomic E-state index is -1.42. The molecule has 3 aromatic heterocycles. The van der Waals surface area contributed by atoms with E-state index in [2.05, 4.69) is 20.6 Å². The molecular formula is C29H27N7O4. The number of hydrogen-bond acceptors (Lipinski definition) is 9. The van der Waals surface area contributed by atoms with E-state index in [0.717, 1.165) is 22.3 Å². The first-order chi connectivity index (χ1) is 19.5. The summed E-state index contributed by atoms with van der Waals surface area (Å²) in [6, 6.07) is 21.6. The fourth-order valence-corrected chi connectivity index (χ4v) is 4.73. The zero-order chi connectivity index (χ0) is 27.6. The summed E-state index contributed by atoms with van der Waals surface area (Å²) in [4.78, 5) is 30.5. The summed E-state index contributed by atoms with van der Waals surface area (Å²) < 4.78 is 7.32. The molecule has 0 spiro atoms. The molecule has 1 aliphatic rings. The number of aliphatic hydroxyl groups excluding tert-OH is 2. The van der Waals surface area contributed by atoms with Crippen LogP contribution < -0.4 is 10.6 Å². The Labute approximate surface area is 229 Å². The Bertz CT molecular complexity index is 1630. The average Bonchev–Trinajstić information content (AvgIpc) is 3.56. The van der Waals surface area contributed by atoms with E-state index in [0.29, 0.717) is 29.4 Å². The summed E-state index contributed by atoms with van der Waals surface area (Å²) in [6.07, 6.45) is -0.115. The Morgan fingerprint density at radius 1 is 0.950 bits per heavy atom. The minimum absolute atomic E-state index is 0.380. The summed E-state index contributed by atoms with van der Waals surface area (Å²) in [7, 11) is 1.44. The number of aliphatic hydroxyl groups is 2. The molecule has 1 fully saturated rings. The minimum Gasteiger partial charge on any atom is -0.387 e. The van der Waals surface area contributed by atoms with Crippen LogP contribution in [-0.2, 0) is 16.1 Å². The molecule has 0 radical (unpaired) electrons. The Hall–Kier alpha value is -4.71. The van der Waals surface area contributed by atoms with Crippen molar-refractivity contribution in [2.24, 2.45) is 0 Å². The Morgan fingerprint density at radius 2 is 1.73 bits per heavy atom. The van der Waals surface area contributed by atoms with E-state index >= 15 is 0 Å². The fraction of sp³-hybridized carbons (Fsp3) is 0.207. The highest BCUT2D eigenvalue weighted by molar-refractivity contribution is 5.86. The lowest BCUT2D eigenvalue weighted by molar-refractivity contribution is -0.137. The monoisotopic (exact) mass is 537 g/mol. The van der Waals surface area contributed by atoms with Gasteiger partial charge in [-0.25, -0.2) is 15.0 Å². The van der Waals surface area contributed by atoms with Gasteiger partial charge in [0.15, 0.2) is 35.1 Å². The van der Waals surface area contributed by atoms with Crippen molar-refractivity contribution in [3.8, 4) is 22.5 Å². The standard InChI is InChI=1S/C29H27N7O4/c1-30-28(39)24-22(37)23(38)29(40-24)36-16-33-21-26(32-14-17-6-3-2-4-7-17)34-25(35-27(21)36)19-11-9-18(10-12-19)20-8-5-13-31-15-20/h2-13,15-16,22-24,29,37-38H,14H2,1H3,(H,30,39)(H,32,34,35)/t22-,23+,24-,29+/m0/s1. The SMILES string of the molecule is CNC(=O)[C@H]1O[C@@H](n2cnc3c(NCc4ccccc4)nc(-c4ccc(-c5cccnc5)cc4)nc32)[C@H](O)[C@@H]1O. The van der Waals surface area contributed by atoms with Crippen LogP contribution in [0.4, 0.5) is 5.82 Å². The lowest BCUT2D eigenvalue weighted by atomic mass is 10.1. The van der Waals surface area contributed by atoms with E-state index in [-0.39, 0.29) is 0 Å². The molecular weight excluding hydrogens is 510 g/mol. The lowest BCUT2D eigenvalue weighted by Gasteiger charge is -2.17. The molecule has 40 heavy (non-hydrogen) atoms. The maximum Gasteiger partial charge on any atom is 0.251 e. The zero-order valence-corrected chi connectivity index (χ0v) is 21.5. The normalized spacial score (nSPS) is 20.5. The van der Waals surface area contributed by atoms with Crippen molar-refractivity contribution in [1.82, 2.24) is 29.8 Å². The largest absolute Gasteiger partial charge is 0.387 e. The number of carbonyl (C=O) groups excluding carboxylic acids is 1. The average molecular weight is 538 g/mol. The van der Waals surface area contributed by atoms with Crippen molar-refractivity contribution < 1.29 is 19.7 Å². The van der Waals surface area contributed by atoms with Crippen LogP contribution >= 0.6 is 0 Å². The van der Waals surface area contributed by atoms with E-state index in [4.69, 9.17) is 14.7 Å². The molecule has 5 aromatic rings. The molecule has 6 rings (SSSR count). The van der Waals surface area contributed by atoms with Gasteiger partial charge in [0.25, 0.3) is 5.91 Å². The second-order valence-electron chi connectivity index (χ2n) is 9.42. The van der Waals surface area contributed by atoms with Gasteiger partial charge in [-0.05, 0) is 22.8 Å². The van der Waals surface area contributed by atoms with Crippen LogP contribution in [-0.4, -0.2) is 66.0 Å². The van der Waals surface area contributed by atoms with Crippen LogP contribution in [0, 0.1) is 0 Å². The summed E-state index contributed by atoms with van der Waals surface area (Å²) >= 11 is 0. The fourth-order valence-electron chi connectivity index (χ4n) is 4.73. The number of ether oxygens (including phenoxy) is 1. The number of amides is 1. The number of pyridine rings is 1. The number of nitrogens with zero attached hydrogens (tertiary/aromatic N) is 5. The third-order valence-corrected chi connectivity index (χ3v) is 6.88. The molecule has 4 heterocycles. The highest BCUT2D eigenvalue weighted by atomic mass is 16.6. The van der Waals surface area contributed by atoms with Crippen LogP contribution in [0.3, 0.4) is 0 Å². The number of nitrogens with one attached hydrogen (secondary N) is 2. The van der Waals surface area contributed by atoms with Crippen molar-refractivity contribution in [3.63, 3.8) is 0 Å². The van der Waals surface area contributed by atoms with Crippen LogP contribution in [0.15, 0.2) is 85.5 Å². The van der Waals surface area contributed by atoms with Crippen LogP contribution in [0.2, 0.25) is 0 Å². The maximum atomic E-state index is 12.2. The van der Waals surface area contributed by atoms with Gasteiger partial charge in [-0.2, -0.15) is 0 Å². The van der Waals surface area contributed by atoms with Crippen molar-refractivity contribution in [1.29, 1.82) is 0 Å². The van der Waals surface area contributed by atoms with Gasteiger partial charge >= 0.3 is 0 Å². The van der Waals surface area contributed by atoms with Gasteiger partial charge < -0.3 is 25.6 Å². The third kappa shape index (κ3) is 4.77. The number of imidazole rings is 1.